The van der Waals surface area contributed by atoms with E-state index in [2.05, 4.69) is 21.2 Å². The van der Waals surface area contributed by atoms with Gasteiger partial charge in [0.2, 0.25) is 0 Å². The van der Waals surface area contributed by atoms with Gasteiger partial charge in [0.15, 0.2) is 0 Å². The van der Waals surface area contributed by atoms with Crippen LogP contribution in [0.5, 0.6) is 0 Å². The van der Waals surface area contributed by atoms with Gasteiger partial charge in [0.1, 0.15) is 5.76 Å². The van der Waals surface area contributed by atoms with Crippen molar-refractivity contribution < 1.29 is 9.34 Å². The fourth-order valence-electron chi connectivity index (χ4n) is 1.72. The molecule has 0 aliphatic carbocycles. The van der Waals surface area contributed by atoms with Gasteiger partial charge in [0.05, 0.1) is 21.7 Å². The van der Waals surface area contributed by atoms with E-state index in [9.17, 15) is 10.1 Å². The Kier molecular flexibility index (Phi) is 4.34. The third-order valence-electron chi connectivity index (χ3n) is 2.79. The number of hydrogen-bond acceptors (Lipinski definition) is 4. The van der Waals surface area contributed by atoms with Crippen LogP contribution < -0.4 is 5.32 Å². The lowest BCUT2D eigenvalue weighted by molar-refractivity contribution is -0.385. The fourth-order valence-corrected chi connectivity index (χ4v) is 2.11. The maximum absolute atomic E-state index is 10.8. The van der Waals surface area contributed by atoms with Crippen molar-refractivity contribution in [3.8, 4) is 0 Å². The minimum Gasteiger partial charge on any atom is -0.468 e. The quantitative estimate of drug-likeness (QED) is 0.670. The molecule has 1 heterocycles. The van der Waals surface area contributed by atoms with Gasteiger partial charge in [-0.25, -0.2) is 0 Å². The van der Waals surface area contributed by atoms with Crippen molar-refractivity contribution in [2.75, 3.05) is 0 Å². The Labute approximate surface area is 118 Å². The molecular formula is C13H13BrN2O3. The number of halogens is 1. The average Bonchev–Trinajstić information content (AvgIpc) is 2.91. The molecule has 1 N–H and O–H groups in total. The van der Waals surface area contributed by atoms with Gasteiger partial charge in [-0.2, -0.15) is 0 Å². The average molecular weight is 325 g/mol. The number of nitrogens with one attached hydrogen (secondary N) is 1. The molecule has 2 aromatic rings. The number of furan rings is 1. The van der Waals surface area contributed by atoms with Crippen LogP contribution in [0.2, 0.25) is 0 Å². The van der Waals surface area contributed by atoms with E-state index in [4.69, 9.17) is 4.42 Å². The SMILES string of the molecule is C[C@@H](NCc1ccc(Br)c([N+](=O)[O-])c1)c1ccco1. The first kappa shape index (κ1) is 13.8. The van der Waals surface area contributed by atoms with Gasteiger partial charge in [0, 0.05) is 12.6 Å². The van der Waals surface area contributed by atoms with Crippen LogP contribution in [-0.4, -0.2) is 4.92 Å². The summed E-state index contributed by atoms with van der Waals surface area (Å²) in [6.07, 6.45) is 1.62. The summed E-state index contributed by atoms with van der Waals surface area (Å²) in [5.74, 6) is 0.839. The zero-order chi connectivity index (χ0) is 13.8. The van der Waals surface area contributed by atoms with E-state index in [0.29, 0.717) is 11.0 Å². The Balaban J connectivity index is 2.04. The van der Waals surface area contributed by atoms with Gasteiger partial charge in [-0.15, -0.1) is 0 Å². The van der Waals surface area contributed by atoms with E-state index in [0.717, 1.165) is 11.3 Å². The highest BCUT2D eigenvalue weighted by Crippen LogP contribution is 2.25. The topological polar surface area (TPSA) is 68.3 Å². The summed E-state index contributed by atoms with van der Waals surface area (Å²) in [5.41, 5.74) is 0.929. The van der Waals surface area contributed by atoms with Crippen LogP contribution in [0, 0.1) is 10.1 Å². The van der Waals surface area contributed by atoms with E-state index in [1.165, 1.54) is 0 Å². The van der Waals surface area contributed by atoms with Gasteiger partial charge in [-0.05, 0) is 46.6 Å². The highest BCUT2D eigenvalue weighted by atomic mass is 79.9. The highest BCUT2D eigenvalue weighted by molar-refractivity contribution is 9.10. The van der Waals surface area contributed by atoms with Gasteiger partial charge in [0.25, 0.3) is 5.69 Å². The molecule has 100 valence electrons. The summed E-state index contributed by atoms with van der Waals surface area (Å²) in [4.78, 5) is 10.4. The van der Waals surface area contributed by atoms with Crippen LogP contribution in [-0.2, 0) is 6.54 Å². The molecule has 5 nitrogen and oxygen atoms in total. The lowest BCUT2D eigenvalue weighted by Crippen LogP contribution is -2.17. The number of nitro groups is 1. The van der Waals surface area contributed by atoms with Crippen molar-refractivity contribution in [3.63, 3.8) is 0 Å². The number of rotatable bonds is 5. The van der Waals surface area contributed by atoms with Crippen molar-refractivity contribution in [2.24, 2.45) is 0 Å². The Morgan fingerprint density at radius 2 is 2.26 bits per heavy atom. The van der Waals surface area contributed by atoms with Crippen LogP contribution in [0.25, 0.3) is 0 Å². The minimum atomic E-state index is -0.399. The zero-order valence-electron chi connectivity index (χ0n) is 10.3. The molecule has 0 saturated carbocycles. The third kappa shape index (κ3) is 3.42. The second-order valence-electron chi connectivity index (χ2n) is 4.16. The molecule has 0 unspecified atom stereocenters. The van der Waals surface area contributed by atoms with E-state index in [1.807, 2.05) is 25.1 Å². The van der Waals surface area contributed by atoms with Crippen LogP contribution in [0.15, 0.2) is 45.5 Å². The summed E-state index contributed by atoms with van der Waals surface area (Å²) in [6.45, 7) is 2.52. The minimum absolute atomic E-state index is 0.0534. The Hall–Kier alpha value is -1.66. The second-order valence-corrected chi connectivity index (χ2v) is 5.02. The number of hydrogen-bond donors (Lipinski definition) is 1. The lowest BCUT2D eigenvalue weighted by atomic mass is 10.2. The molecule has 0 aliphatic rings. The largest absolute Gasteiger partial charge is 0.468 e. The summed E-state index contributed by atoms with van der Waals surface area (Å²) >= 11 is 3.17. The molecule has 1 aromatic carbocycles. The summed E-state index contributed by atoms with van der Waals surface area (Å²) in [6, 6.07) is 8.87. The van der Waals surface area contributed by atoms with Crippen molar-refractivity contribution in [1.29, 1.82) is 0 Å². The molecule has 1 aromatic heterocycles. The molecular weight excluding hydrogens is 312 g/mol. The predicted molar refractivity (Wildman–Crippen MR) is 74.8 cm³/mol. The molecule has 0 aliphatic heterocycles. The predicted octanol–water partition coefficient (Wildman–Crippen LogP) is 3.80. The number of benzene rings is 1. The van der Waals surface area contributed by atoms with E-state index in [1.54, 1.807) is 18.4 Å². The van der Waals surface area contributed by atoms with Crippen molar-refractivity contribution in [2.45, 2.75) is 19.5 Å². The molecule has 2 rings (SSSR count). The van der Waals surface area contributed by atoms with E-state index >= 15 is 0 Å². The Morgan fingerprint density at radius 1 is 1.47 bits per heavy atom. The molecule has 0 amide bonds. The van der Waals surface area contributed by atoms with Gasteiger partial charge < -0.3 is 9.73 Å². The molecule has 0 radical (unpaired) electrons. The van der Waals surface area contributed by atoms with Crippen LogP contribution in [0.4, 0.5) is 5.69 Å². The lowest BCUT2D eigenvalue weighted by Gasteiger charge is -2.11. The molecule has 0 fully saturated rings. The second kappa shape index (κ2) is 5.99. The first-order valence-corrected chi connectivity index (χ1v) is 6.57. The van der Waals surface area contributed by atoms with E-state index < -0.39 is 4.92 Å². The van der Waals surface area contributed by atoms with Gasteiger partial charge in [-0.3, -0.25) is 10.1 Å². The molecule has 0 bridgehead atoms. The van der Waals surface area contributed by atoms with Crippen LogP contribution in [0.3, 0.4) is 0 Å². The Morgan fingerprint density at radius 3 is 2.89 bits per heavy atom. The number of nitro benzene ring substituents is 1. The van der Waals surface area contributed by atoms with Crippen molar-refractivity contribution in [1.82, 2.24) is 5.32 Å². The maximum Gasteiger partial charge on any atom is 0.283 e. The van der Waals surface area contributed by atoms with Gasteiger partial charge in [-0.1, -0.05) is 6.07 Å². The zero-order valence-corrected chi connectivity index (χ0v) is 11.9. The fraction of sp³-hybridized carbons (Fsp3) is 0.231. The monoisotopic (exact) mass is 324 g/mol. The molecule has 19 heavy (non-hydrogen) atoms. The summed E-state index contributed by atoms with van der Waals surface area (Å²) in [5, 5.41) is 14.1. The van der Waals surface area contributed by atoms with Gasteiger partial charge >= 0.3 is 0 Å². The summed E-state index contributed by atoms with van der Waals surface area (Å²) < 4.78 is 5.77. The van der Waals surface area contributed by atoms with Crippen molar-refractivity contribution >= 4 is 21.6 Å². The molecule has 0 saturated heterocycles. The molecule has 6 heteroatoms. The maximum atomic E-state index is 10.8. The van der Waals surface area contributed by atoms with E-state index in [-0.39, 0.29) is 11.7 Å². The molecule has 0 spiro atoms. The number of nitrogens with zero attached hydrogens (tertiary/aromatic N) is 1. The van der Waals surface area contributed by atoms with Crippen LogP contribution >= 0.6 is 15.9 Å². The smallest absolute Gasteiger partial charge is 0.283 e. The molecule has 1 atom stereocenters. The third-order valence-corrected chi connectivity index (χ3v) is 3.46. The first-order chi connectivity index (χ1) is 9.08. The standard InChI is InChI=1S/C13H13BrN2O3/c1-9(13-3-2-6-19-13)15-8-10-4-5-11(14)12(7-10)16(17)18/h2-7,9,15H,8H2,1H3/t9-/m1/s1. The highest BCUT2D eigenvalue weighted by Gasteiger charge is 2.13. The first-order valence-electron chi connectivity index (χ1n) is 5.77. The normalized spacial score (nSPS) is 12.3. The van der Waals surface area contributed by atoms with Crippen LogP contribution in [0.1, 0.15) is 24.3 Å². The summed E-state index contributed by atoms with van der Waals surface area (Å²) in [7, 11) is 0. The van der Waals surface area contributed by atoms with Crippen molar-refractivity contribution in [3.05, 3.63) is 62.5 Å². The Bertz CT molecular complexity index is 569.